The quantitative estimate of drug-likeness (QED) is 0.723. The fraction of sp³-hybridized carbons (Fsp3) is 0.429. The van der Waals surface area contributed by atoms with Crippen molar-refractivity contribution in [1.29, 1.82) is 0 Å². The molecule has 2 aromatic carbocycles. The molecule has 5 heteroatoms. The van der Waals surface area contributed by atoms with Crippen molar-refractivity contribution < 1.29 is 18.9 Å². The van der Waals surface area contributed by atoms with Crippen LogP contribution >= 0.6 is 0 Å². The van der Waals surface area contributed by atoms with Gasteiger partial charge in [-0.2, -0.15) is 0 Å². The molecule has 0 aliphatic carbocycles. The Bertz CT molecular complexity index is 685. The van der Waals surface area contributed by atoms with Gasteiger partial charge in [0.1, 0.15) is 11.9 Å². The van der Waals surface area contributed by atoms with Crippen LogP contribution in [0, 0.1) is 0 Å². The van der Waals surface area contributed by atoms with Crippen LogP contribution in [0.3, 0.4) is 0 Å². The summed E-state index contributed by atoms with van der Waals surface area (Å²) < 4.78 is 22.6. The third-order valence-corrected chi connectivity index (χ3v) is 4.62. The number of ether oxygens (including phenoxy) is 4. The predicted molar refractivity (Wildman–Crippen MR) is 101 cm³/mol. The van der Waals surface area contributed by atoms with Crippen molar-refractivity contribution in [3.63, 3.8) is 0 Å². The summed E-state index contributed by atoms with van der Waals surface area (Å²) in [6, 6.07) is 15.8. The summed E-state index contributed by atoms with van der Waals surface area (Å²) in [4.78, 5) is 2.42. The Morgan fingerprint density at radius 2 is 1.73 bits per heavy atom. The minimum atomic E-state index is -0.0794. The van der Waals surface area contributed by atoms with Crippen LogP contribution in [0.2, 0.25) is 0 Å². The molecule has 1 atom stereocenters. The molecule has 5 nitrogen and oxygen atoms in total. The minimum absolute atomic E-state index is 0.0794. The van der Waals surface area contributed by atoms with Gasteiger partial charge in [-0.1, -0.05) is 24.3 Å². The second-order valence-corrected chi connectivity index (χ2v) is 6.28. The van der Waals surface area contributed by atoms with Gasteiger partial charge in [0.25, 0.3) is 0 Å². The van der Waals surface area contributed by atoms with Gasteiger partial charge in [-0.05, 0) is 29.8 Å². The Kier molecular flexibility index (Phi) is 6.75. The maximum Gasteiger partial charge on any atom is 0.162 e. The molecule has 0 N–H and O–H groups in total. The van der Waals surface area contributed by atoms with E-state index < -0.39 is 0 Å². The molecule has 1 fully saturated rings. The number of nitrogens with zero attached hydrogens (tertiary/aromatic N) is 1. The van der Waals surface area contributed by atoms with Gasteiger partial charge in [0.05, 0.1) is 27.4 Å². The maximum atomic E-state index is 6.37. The monoisotopic (exact) mass is 357 g/mol. The number of methoxy groups -OCH3 is 2. The maximum absolute atomic E-state index is 6.37. The zero-order valence-electron chi connectivity index (χ0n) is 15.5. The third-order valence-electron chi connectivity index (χ3n) is 4.62. The summed E-state index contributed by atoms with van der Waals surface area (Å²) in [5.41, 5.74) is 1.10. The van der Waals surface area contributed by atoms with Crippen molar-refractivity contribution in [1.82, 2.24) is 4.90 Å². The molecule has 1 unspecified atom stereocenters. The molecule has 0 saturated carbocycles. The molecule has 2 aromatic rings. The smallest absolute Gasteiger partial charge is 0.162 e. The molecule has 0 amide bonds. The Morgan fingerprint density at radius 3 is 2.46 bits per heavy atom. The van der Waals surface area contributed by atoms with Gasteiger partial charge < -0.3 is 18.9 Å². The molecule has 0 radical (unpaired) electrons. The summed E-state index contributed by atoms with van der Waals surface area (Å²) >= 11 is 0. The van der Waals surface area contributed by atoms with Gasteiger partial charge in [-0.3, -0.25) is 4.90 Å². The first kappa shape index (κ1) is 18.5. The summed E-state index contributed by atoms with van der Waals surface area (Å²) in [5.74, 6) is 2.33. The largest absolute Gasteiger partial charge is 0.497 e. The molecule has 0 spiro atoms. The fourth-order valence-electron chi connectivity index (χ4n) is 3.13. The Labute approximate surface area is 155 Å². The molecule has 140 valence electrons. The number of hydrogen-bond donors (Lipinski definition) is 0. The predicted octanol–water partition coefficient (Wildman–Crippen LogP) is 3.55. The lowest BCUT2D eigenvalue weighted by Gasteiger charge is -2.29. The van der Waals surface area contributed by atoms with E-state index in [0.29, 0.717) is 0 Å². The van der Waals surface area contributed by atoms with Crippen LogP contribution in [0.5, 0.6) is 17.2 Å². The van der Waals surface area contributed by atoms with E-state index in [9.17, 15) is 0 Å². The standard InChI is InChI=1S/C21H27NO4/c1-23-18-7-5-6-17(16-18)19(10-11-22-12-14-25-15-13-22)26-21-9-4-3-8-20(21)24-2/h3-9,16,19H,10-15H2,1-2H3. The topological polar surface area (TPSA) is 40.2 Å². The van der Waals surface area contributed by atoms with Crippen molar-refractivity contribution in [3.05, 3.63) is 54.1 Å². The SMILES string of the molecule is COc1cccc(C(CCN2CCOCC2)Oc2ccccc2OC)c1. The second-order valence-electron chi connectivity index (χ2n) is 6.28. The highest BCUT2D eigenvalue weighted by atomic mass is 16.5. The highest BCUT2D eigenvalue weighted by Gasteiger charge is 2.19. The summed E-state index contributed by atoms with van der Waals surface area (Å²) in [7, 11) is 3.35. The van der Waals surface area contributed by atoms with Gasteiger partial charge >= 0.3 is 0 Å². The number of benzene rings is 2. The zero-order chi connectivity index (χ0) is 18.2. The van der Waals surface area contributed by atoms with E-state index in [1.807, 2.05) is 42.5 Å². The summed E-state index contributed by atoms with van der Waals surface area (Å²) in [5, 5.41) is 0. The highest BCUT2D eigenvalue weighted by Crippen LogP contribution is 2.33. The lowest BCUT2D eigenvalue weighted by molar-refractivity contribution is 0.0316. The lowest BCUT2D eigenvalue weighted by atomic mass is 10.1. The first-order valence-corrected chi connectivity index (χ1v) is 9.04. The number of para-hydroxylation sites is 2. The lowest BCUT2D eigenvalue weighted by Crippen LogP contribution is -2.37. The van der Waals surface area contributed by atoms with E-state index in [1.165, 1.54) is 0 Å². The van der Waals surface area contributed by atoms with Crippen molar-refractivity contribution in [2.75, 3.05) is 47.1 Å². The molecule has 0 bridgehead atoms. The first-order valence-electron chi connectivity index (χ1n) is 9.04. The molecule has 26 heavy (non-hydrogen) atoms. The van der Waals surface area contributed by atoms with Crippen LogP contribution < -0.4 is 14.2 Å². The fourth-order valence-corrected chi connectivity index (χ4v) is 3.13. The van der Waals surface area contributed by atoms with E-state index in [0.717, 1.165) is 62.1 Å². The Balaban J connectivity index is 1.77. The van der Waals surface area contributed by atoms with Crippen molar-refractivity contribution in [2.45, 2.75) is 12.5 Å². The van der Waals surface area contributed by atoms with Gasteiger partial charge in [0, 0.05) is 26.1 Å². The molecule has 1 aliphatic rings. The normalized spacial score (nSPS) is 16.1. The van der Waals surface area contributed by atoms with Crippen LogP contribution in [0.1, 0.15) is 18.1 Å². The minimum Gasteiger partial charge on any atom is -0.497 e. The van der Waals surface area contributed by atoms with E-state index >= 15 is 0 Å². The highest BCUT2D eigenvalue weighted by molar-refractivity contribution is 5.40. The van der Waals surface area contributed by atoms with Crippen LogP contribution in [-0.4, -0.2) is 52.0 Å². The first-order chi connectivity index (χ1) is 12.8. The molecule has 1 heterocycles. The summed E-state index contributed by atoms with van der Waals surface area (Å²) in [6.07, 6.45) is 0.801. The van der Waals surface area contributed by atoms with Gasteiger partial charge in [-0.25, -0.2) is 0 Å². The average molecular weight is 357 g/mol. The van der Waals surface area contributed by atoms with Gasteiger partial charge in [-0.15, -0.1) is 0 Å². The molecule has 1 saturated heterocycles. The van der Waals surface area contributed by atoms with Crippen molar-refractivity contribution in [3.8, 4) is 17.2 Å². The molecule has 3 rings (SSSR count). The van der Waals surface area contributed by atoms with Gasteiger partial charge in [0.15, 0.2) is 11.5 Å². The number of rotatable bonds is 8. The third kappa shape index (κ3) is 4.90. The van der Waals surface area contributed by atoms with Crippen LogP contribution in [0.4, 0.5) is 0 Å². The molecule has 0 aromatic heterocycles. The van der Waals surface area contributed by atoms with E-state index in [4.69, 9.17) is 18.9 Å². The van der Waals surface area contributed by atoms with E-state index in [1.54, 1.807) is 14.2 Å². The average Bonchev–Trinajstić information content (AvgIpc) is 2.72. The van der Waals surface area contributed by atoms with Crippen LogP contribution in [0.25, 0.3) is 0 Å². The van der Waals surface area contributed by atoms with Crippen molar-refractivity contribution in [2.24, 2.45) is 0 Å². The van der Waals surface area contributed by atoms with E-state index in [2.05, 4.69) is 11.0 Å². The number of hydrogen-bond acceptors (Lipinski definition) is 5. The second kappa shape index (κ2) is 9.46. The zero-order valence-corrected chi connectivity index (χ0v) is 15.5. The van der Waals surface area contributed by atoms with Gasteiger partial charge in [0.2, 0.25) is 0 Å². The van der Waals surface area contributed by atoms with Crippen molar-refractivity contribution >= 4 is 0 Å². The Morgan fingerprint density at radius 1 is 0.962 bits per heavy atom. The molecular formula is C21H27NO4. The van der Waals surface area contributed by atoms with Crippen LogP contribution in [0.15, 0.2) is 48.5 Å². The Hall–Kier alpha value is -2.24. The van der Waals surface area contributed by atoms with Crippen LogP contribution in [-0.2, 0) is 4.74 Å². The van der Waals surface area contributed by atoms with E-state index in [-0.39, 0.29) is 6.10 Å². The summed E-state index contributed by atoms with van der Waals surface area (Å²) in [6.45, 7) is 4.51. The molecule has 1 aliphatic heterocycles. The number of morpholine rings is 1. The molecular weight excluding hydrogens is 330 g/mol.